The molecule has 0 heterocycles. The van der Waals surface area contributed by atoms with Crippen LogP contribution in [-0.4, -0.2) is 30.8 Å². The van der Waals surface area contributed by atoms with Gasteiger partial charge in [0.25, 0.3) is 0 Å². The number of nitrogens with zero attached hydrogens (tertiary/aromatic N) is 1. The summed E-state index contributed by atoms with van der Waals surface area (Å²) in [5.74, 6) is 0.287. The van der Waals surface area contributed by atoms with Crippen molar-refractivity contribution in [2.45, 2.75) is 25.8 Å². The quantitative estimate of drug-likeness (QED) is 0.560. The molecule has 0 aliphatic carbocycles. The van der Waals surface area contributed by atoms with Crippen LogP contribution in [-0.2, 0) is 4.79 Å². The first-order valence-corrected chi connectivity index (χ1v) is 3.93. The summed E-state index contributed by atoms with van der Waals surface area (Å²) in [5, 5.41) is 0. The zero-order valence-corrected chi connectivity index (χ0v) is 7.63. The smallest absolute Gasteiger partial charge is 0.149 e. The first-order valence-electron chi connectivity index (χ1n) is 3.93. The lowest BCUT2D eigenvalue weighted by Gasteiger charge is -2.20. The van der Waals surface area contributed by atoms with Gasteiger partial charge in [-0.05, 0) is 20.5 Å². The van der Waals surface area contributed by atoms with Gasteiger partial charge in [-0.3, -0.25) is 9.69 Å². The Bertz CT molecular complexity index is 140. The van der Waals surface area contributed by atoms with E-state index < -0.39 is 0 Å². The van der Waals surface area contributed by atoms with Crippen molar-refractivity contribution in [2.75, 3.05) is 14.1 Å². The molecule has 1 atom stereocenters. The molecule has 2 nitrogen and oxygen atoms in total. The molecule has 0 bridgehead atoms. The van der Waals surface area contributed by atoms with Gasteiger partial charge in [-0.15, -0.1) is 6.58 Å². The average molecular weight is 155 g/mol. The average Bonchev–Trinajstić information content (AvgIpc) is 1.98. The Kier molecular flexibility index (Phi) is 4.79. The molecule has 11 heavy (non-hydrogen) atoms. The number of ketones is 1. The molecule has 1 unspecified atom stereocenters. The topological polar surface area (TPSA) is 20.3 Å². The summed E-state index contributed by atoms with van der Waals surface area (Å²) in [6.07, 6.45) is 3.15. The maximum absolute atomic E-state index is 11.3. The number of carbonyl (C=O) groups excluding carboxylic acids is 1. The Morgan fingerprint density at radius 2 is 2.18 bits per heavy atom. The Balaban J connectivity index is 4.08. The Labute approximate surface area is 68.9 Å². The summed E-state index contributed by atoms with van der Waals surface area (Å²) in [7, 11) is 3.84. The molecular weight excluding hydrogens is 138 g/mol. The van der Waals surface area contributed by atoms with E-state index in [4.69, 9.17) is 0 Å². The van der Waals surface area contributed by atoms with Gasteiger partial charge in [-0.2, -0.15) is 0 Å². The van der Waals surface area contributed by atoms with Gasteiger partial charge in [-0.25, -0.2) is 0 Å². The third-order valence-electron chi connectivity index (χ3n) is 1.73. The normalized spacial score (nSPS) is 13.1. The van der Waals surface area contributed by atoms with Gasteiger partial charge in [0, 0.05) is 6.42 Å². The first kappa shape index (κ1) is 10.4. The Morgan fingerprint density at radius 1 is 1.64 bits per heavy atom. The summed E-state index contributed by atoms with van der Waals surface area (Å²) >= 11 is 0. The van der Waals surface area contributed by atoms with Crippen molar-refractivity contribution in [3.8, 4) is 0 Å². The number of carbonyl (C=O) groups is 1. The summed E-state index contributed by atoms with van der Waals surface area (Å²) < 4.78 is 0. The second kappa shape index (κ2) is 5.08. The molecule has 0 saturated heterocycles. The monoisotopic (exact) mass is 155 g/mol. The summed E-state index contributed by atoms with van der Waals surface area (Å²) in [6.45, 7) is 5.51. The third-order valence-corrected chi connectivity index (χ3v) is 1.73. The summed E-state index contributed by atoms with van der Waals surface area (Å²) in [4.78, 5) is 13.2. The highest BCUT2D eigenvalue weighted by atomic mass is 16.1. The number of hydrogen-bond acceptors (Lipinski definition) is 2. The van der Waals surface area contributed by atoms with Crippen LogP contribution in [0.3, 0.4) is 0 Å². The van der Waals surface area contributed by atoms with Crippen molar-refractivity contribution in [1.82, 2.24) is 4.90 Å². The van der Waals surface area contributed by atoms with E-state index in [9.17, 15) is 4.79 Å². The fourth-order valence-electron chi connectivity index (χ4n) is 1.02. The highest BCUT2D eigenvalue weighted by Crippen LogP contribution is 2.03. The molecule has 0 amide bonds. The maximum Gasteiger partial charge on any atom is 0.149 e. The molecule has 0 N–H and O–H groups in total. The van der Waals surface area contributed by atoms with Crippen LogP contribution in [0.25, 0.3) is 0 Å². The zero-order chi connectivity index (χ0) is 8.85. The molecule has 0 aliphatic rings. The van der Waals surface area contributed by atoms with Crippen LogP contribution in [0.15, 0.2) is 12.7 Å². The lowest BCUT2D eigenvalue weighted by molar-refractivity contribution is -0.123. The van der Waals surface area contributed by atoms with Crippen LogP contribution in [0.4, 0.5) is 0 Å². The van der Waals surface area contributed by atoms with E-state index in [0.717, 1.165) is 6.42 Å². The van der Waals surface area contributed by atoms with E-state index in [1.807, 2.05) is 25.9 Å². The number of rotatable bonds is 5. The number of Topliss-reactive ketones (excluding diaryl/α,β-unsaturated/α-hetero) is 1. The van der Waals surface area contributed by atoms with E-state index in [0.29, 0.717) is 6.42 Å². The minimum absolute atomic E-state index is 0.0255. The molecular formula is C9H17NO. The lowest BCUT2D eigenvalue weighted by atomic mass is 10.1. The van der Waals surface area contributed by atoms with Crippen LogP contribution in [0, 0.1) is 0 Å². The van der Waals surface area contributed by atoms with Gasteiger partial charge in [-0.1, -0.05) is 13.0 Å². The van der Waals surface area contributed by atoms with E-state index in [1.54, 1.807) is 6.08 Å². The molecule has 2 heteroatoms. The molecule has 0 spiro atoms. The van der Waals surface area contributed by atoms with Crippen molar-refractivity contribution in [3.05, 3.63) is 12.7 Å². The minimum atomic E-state index is 0.0255. The largest absolute Gasteiger partial charge is 0.300 e. The molecule has 0 aromatic carbocycles. The van der Waals surface area contributed by atoms with Crippen molar-refractivity contribution < 1.29 is 4.79 Å². The van der Waals surface area contributed by atoms with Crippen molar-refractivity contribution in [2.24, 2.45) is 0 Å². The van der Waals surface area contributed by atoms with E-state index >= 15 is 0 Å². The van der Waals surface area contributed by atoms with Gasteiger partial charge >= 0.3 is 0 Å². The highest BCUT2D eigenvalue weighted by Gasteiger charge is 2.16. The second-order valence-corrected chi connectivity index (χ2v) is 2.82. The van der Waals surface area contributed by atoms with Gasteiger partial charge in [0.15, 0.2) is 0 Å². The molecule has 0 radical (unpaired) electrons. The van der Waals surface area contributed by atoms with Gasteiger partial charge in [0.1, 0.15) is 5.78 Å². The molecule has 0 aromatic rings. The van der Waals surface area contributed by atoms with E-state index in [-0.39, 0.29) is 11.8 Å². The van der Waals surface area contributed by atoms with Gasteiger partial charge in [0.2, 0.25) is 0 Å². The molecule has 64 valence electrons. The third kappa shape index (κ3) is 3.33. The zero-order valence-electron chi connectivity index (χ0n) is 7.63. The SMILES string of the molecule is C=CCC(C(=O)CC)N(C)C. The summed E-state index contributed by atoms with van der Waals surface area (Å²) in [5.41, 5.74) is 0. The van der Waals surface area contributed by atoms with E-state index in [1.165, 1.54) is 0 Å². The molecule has 0 rings (SSSR count). The summed E-state index contributed by atoms with van der Waals surface area (Å²) in [6, 6.07) is 0.0255. The van der Waals surface area contributed by atoms with Gasteiger partial charge in [0.05, 0.1) is 6.04 Å². The number of likely N-dealkylation sites (N-methyl/N-ethyl adjacent to an activating group) is 1. The second-order valence-electron chi connectivity index (χ2n) is 2.82. The maximum atomic E-state index is 11.3. The predicted octanol–water partition coefficient (Wildman–Crippen LogP) is 1.47. The first-order chi connectivity index (χ1) is 5.13. The Hall–Kier alpha value is -0.630. The van der Waals surface area contributed by atoms with Crippen LogP contribution in [0.2, 0.25) is 0 Å². The molecule has 0 saturated carbocycles. The van der Waals surface area contributed by atoms with Crippen LogP contribution >= 0.6 is 0 Å². The Morgan fingerprint density at radius 3 is 2.45 bits per heavy atom. The predicted molar refractivity (Wildman–Crippen MR) is 47.6 cm³/mol. The van der Waals surface area contributed by atoms with E-state index in [2.05, 4.69) is 6.58 Å². The standard InChI is InChI=1S/C9H17NO/c1-5-7-8(10(3)4)9(11)6-2/h5,8H,1,6-7H2,2-4H3. The fourth-order valence-corrected chi connectivity index (χ4v) is 1.02. The van der Waals surface area contributed by atoms with Crippen LogP contribution in [0.5, 0.6) is 0 Å². The molecule has 0 aliphatic heterocycles. The molecule has 0 fully saturated rings. The van der Waals surface area contributed by atoms with Crippen LogP contribution < -0.4 is 0 Å². The van der Waals surface area contributed by atoms with Crippen molar-refractivity contribution in [1.29, 1.82) is 0 Å². The van der Waals surface area contributed by atoms with Crippen LogP contribution in [0.1, 0.15) is 19.8 Å². The lowest BCUT2D eigenvalue weighted by Crippen LogP contribution is -2.34. The minimum Gasteiger partial charge on any atom is -0.300 e. The molecule has 0 aromatic heterocycles. The highest BCUT2D eigenvalue weighted by molar-refractivity contribution is 5.83. The van der Waals surface area contributed by atoms with Crippen molar-refractivity contribution in [3.63, 3.8) is 0 Å². The van der Waals surface area contributed by atoms with Gasteiger partial charge < -0.3 is 0 Å². The fraction of sp³-hybridized carbons (Fsp3) is 0.667. The van der Waals surface area contributed by atoms with Crippen molar-refractivity contribution >= 4 is 5.78 Å². The number of hydrogen-bond donors (Lipinski definition) is 0.